The van der Waals surface area contributed by atoms with E-state index in [1.54, 1.807) is 0 Å². The van der Waals surface area contributed by atoms with E-state index in [1.165, 1.54) is 23.5 Å². The number of para-hydroxylation sites is 1. The number of amides is 1. The van der Waals surface area contributed by atoms with E-state index in [0.29, 0.717) is 17.6 Å². The molecule has 3 N–H and O–H groups in total. The largest absolute Gasteiger partial charge is 0.390 e. The van der Waals surface area contributed by atoms with Crippen LogP contribution in [0.3, 0.4) is 0 Å². The maximum Gasteiger partial charge on any atom is 0.280 e. The first-order valence-corrected chi connectivity index (χ1v) is 12.5. The molecule has 5 nitrogen and oxygen atoms in total. The number of halogens is 3. The lowest BCUT2D eigenvalue weighted by molar-refractivity contribution is 0.0829. The van der Waals surface area contributed by atoms with Crippen molar-refractivity contribution in [1.29, 1.82) is 0 Å². The number of aromatic nitrogens is 1. The highest BCUT2D eigenvalue weighted by molar-refractivity contribution is 14.1. The molecule has 0 fully saturated rings. The quantitative estimate of drug-likeness (QED) is 0.247. The van der Waals surface area contributed by atoms with Gasteiger partial charge >= 0.3 is 0 Å². The fourth-order valence-corrected chi connectivity index (χ4v) is 5.10. The molecule has 176 valence electrons. The Morgan fingerprint density at radius 3 is 2.53 bits per heavy atom. The van der Waals surface area contributed by atoms with Crippen LogP contribution < -0.4 is 10.6 Å². The molecular weight excluding hydrogens is 571 g/mol. The molecule has 0 aliphatic rings. The van der Waals surface area contributed by atoms with Gasteiger partial charge in [-0.15, -0.1) is 11.3 Å². The number of nitrogens with one attached hydrogen (secondary N) is 2. The van der Waals surface area contributed by atoms with Crippen LogP contribution in [0, 0.1) is 15.2 Å². The minimum Gasteiger partial charge on any atom is -0.390 e. The van der Waals surface area contributed by atoms with Crippen LogP contribution >= 0.6 is 33.9 Å². The molecule has 4 aromatic rings. The summed E-state index contributed by atoms with van der Waals surface area (Å²) in [5.74, 6) is -1.87. The van der Waals surface area contributed by atoms with Gasteiger partial charge in [0.1, 0.15) is 11.6 Å². The van der Waals surface area contributed by atoms with Crippen LogP contribution in [0.5, 0.6) is 0 Å². The molecule has 34 heavy (non-hydrogen) atoms. The third-order valence-corrected chi connectivity index (χ3v) is 6.92. The lowest BCUT2D eigenvalue weighted by Gasteiger charge is -2.24. The molecule has 9 heteroatoms. The monoisotopic (exact) mass is 593 g/mol. The predicted octanol–water partition coefficient (Wildman–Crippen LogP) is 4.67. The number of nitrogens with zero attached hydrogens (tertiary/aromatic N) is 1. The van der Waals surface area contributed by atoms with Gasteiger partial charge in [0.05, 0.1) is 22.4 Å². The third kappa shape index (κ3) is 6.56. The zero-order valence-electron chi connectivity index (χ0n) is 18.0. The molecule has 0 aliphatic heterocycles. The first kappa shape index (κ1) is 24.6. The summed E-state index contributed by atoms with van der Waals surface area (Å²) in [5.41, 5.74) is 2.10. The first-order chi connectivity index (χ1) is 16.4. The fraction of sp³-hybridized carbons (Fsp3) is 0.200. The van der Waals surface area contributed by atoms with Gasteiger partial charge < -0.3 is 15.7 Å². The third-order valence-electron chi connectivity index (χ3n) is 5.22. The highest BCUT2D eigenvalue weighted by atomic mass is 127. The predicted molar refractivity (Wildman–Crippen MR) is 138 cm³/mol. The lowest BCUT2D eigenvalue weighted by atomic mass is 10.0. The Kier molecular flexibility index (Phi) is 8.19. The summed E-state index contributed by atoms with van der Waals surface area (Å²) in [6, 6.07) is 17.8. The zero-order valence-corrected chi connectivity index (χ0v) is 20.9. The summed E-state index contributed by atoms with van der Waals surface area (Å²) < 4.78 is 29.4. The number of fused-ring (bicyclic) bond motifs is 1. The molecule has 1 aromatic heterocycles. The molecule has 0 bridgehead atoms. The smallest absolute Gasteiger partial charge is 0.280 e. The molecule has 3 aromatic carbocycles. The Morgan fingerprint density at radius 1 is 1.03 bits per heavy atom. The number of aliphatic hydroxyl groups is 1. The molecule has 0 aliphatic carbocycles. The number of hydrogen-bond acceptors (Lipinski definition) is 5. The van der Waals surface area contributed by atoms with Crippen molar-refractivity contribution in [2.75, 3.05) is 6.54 Å². The number of hydrogen-bond donors (Lipinski definition) is 3. The summed E-state index contributed by atoms with van der Waals surface area (Å²) in [5, 5.41) is 17.2. The van der Waals surface area contributed by atoms with Crippen molar-refractivity contribution in [3.8, 4) is 0 Å². The van der Waals surface area contributed by atoms with Crippen LogP contribution in [0.1, 0.15) is 20.9 Å². The minimum absolute atomic E-state index is 0.0530. The van der Waals surface area contributed by atoms with Crippen LogP contribution in [0.4, 0.5) is 8.78 Å². The van der Waals surface area contributed by atoms with E-state index in [1.807, 2.05) is 48.5 Å². The van der Waals surface area contributed by atoms with E-state index in [4.69, 9.17) is 0 Å². The van der Waals surface area contributed by atoms with E-state index >= 15 is 0 Å². The fourth-order valence-electron chi connectivity index (χ4n) is 3.62. The van der Waals surface area contributed by atoms with Gasteiger partial charge in [-0.1, -0.05) is 24.3 Å². The summed E-state index contributed by atoms with van der Waals surface area (Å²) in [7, 11) is 0. The maximum atomic E-state index is 13.7. The van der Waals surface area contributed by atoms with Crippen LogP contribution in [-0.2, 0) is 13.0 Å². The van der Waals surface area contributed by atoms with E-state index in [-0.39, 0.29) is 18.0 Å². The van der Waals surface area contributed by atoms with Crippen molar-refractivity contribution in [2.24, 2.45) is 0 Å². The Hall–Kier alpha value is -2.47. The van der Waals surface area contributed by atoms with Crippen molar-refractivity contribution in [3.63, 3.8) is 0 Å². The highest BCUT2D eigenvalue weighted by Gasteiger charge is 2.24. The van der Waals surface area contributed by atoms with E-state index in [9.17, 15) is 18.7 Å². The normalized spacial score (nSPS) is 13.1. The highest BCUT2D eigenvalue weighted by Crippen LogP contribution is 2.22. The van der Waals surface area contributed by atoms with Gasteiger partial charge in [0.15, 0.2) is 5.01 Å². The lowest BCUT2D eigenvalue weighted by Crippen LogP contribution is -2.48. The number of benzene rings is 3. The van der Waals surface area contributed by atoms with E-state index in [0.717, 1.165) is 19.9 Å². The molecule has 0 saturated heterocycles. The van der Waals surface area contributed by atoms with Crippen molar-refractivity contribution in [1.82, 2.24) is 15.6 Å². The average molecular weight is 593 g/mol. The summed E-state index contributed by atoms with van der Waals surface area (Å²) in [6.45, 7) is 0.703. The van der Waals surface area contributed by atoms with Crippen LogP contribution in [0.15, 0.2) is 66.7 Å². The Labute approximate surface area is 213 Å². The maximum absolute atomic E-state index is 13.7. The van der Waals surface area contributed by atoms with E-state index < -0.39 is 29.7 Å². The summed E-state index contributed by atoms with van der Waals surface area (Å²) in [6.07, 6.45) is -0.954. The topological polar surface area (TPSA) is 74.2 Å². The van der Waals surface area contributed by atoms with Gasteiger partial charge in [-0.3, -0.25) is 4.79 Å². The Bertz CT molecular complexity index is 1250. The molecular formula is C25H22F2IN3O2S. The average Bonchev–Trinajstić information content (AvgIpc) is 3.22. The van der Waals surface area contributed by atoms with Crippen LogP contribution in [-0.4, -0.2) is 34.7 Å². The van der Waals surface area contributed by atoms with Gasteiger partial charge in [-0.05, 0) is 76.5 Å². The molecule has 2 atom stereocenters. The first-order valence-electron chi connectivity index (χ1n) is 10.6. The molecule has 0 spiro atoms. The molecule has 0 saturated carbocycles. The van der Waals surface area contributed by atoms with Gasteiger partial charge in [-0.25, -0.2) is 13.8 Å². The Balaban J connectivity index is 1.48. The van der Waals surface area contributed by atoms with Crippen LogP contribution in [0.25, 0.3) is 10.2 Å². The van der Waals surface area contributed by atoms with Crippen molar-refractivity contribution < 1.29 is 18.7 Å². The van der Waals surface area contributed by atoms with Crippen LogP contribution in [0.2, 0.25) is 0 Å². The zero-order chi connectivity index (χ0) is 24.1. The van der Waals surface area contributed by atoms with Gasteiger partial charge in [0, 0.05) is 22.7 Å². The van der Waals surface area contributed by atoms with Crippen molar-refractivity contribution in [2.45, 2.75) is 25.1 Å². The van der Waals surface area contributed by atoms with Gasteiger partial charge in [0.25, 0.3) is 5.91 Å². The standard InChI is InChI=1S/C25H22F2IN3O2S/c26-17-8-16(9-18(27)12-17)11-21(22(32)14-29-13-15-4-3-5-19(28)10-15)30-24(33)25-31-20-6-1-2-7-23(20)34-25/h1-10,12,21-22,29,32H,11,13-14H2,(H,30,33)/t21-,22+/m0/s1. The number of carbonyl (C=O) groups is 1. The number of carbonyl (C=O) groups excluding carboxylic acids is 1. The second kappa shape index (κ2) is 11.3. The number of aliphatic hydroxyl groups excluding tert-OH is 1. The second-order valence-electron chi connectivity index (χ2n) is 7.88. The molecule has 0 unspecified atom stereocenters. The number of rotatable bonds is 9. The van der Waals surface area contributed by atoms with Gasteiger partial charge in [-0.2, -0.15) is 0 Å². The summed E-state index contributed by atoms with van der Waals surface area (Å²) >= 11 is 3.48. The Morgan fingerprint density at radius 2 is 1.79 bits per heavy atom. The van der Waals surface area contributed by atoms with Gasteiger partial charge in [0.2, 0.25) is 0 Å². The van der Waals surface area contributed by atoms with E-state index in [2.05, 4.69) is 38.2 Å². The minimum atomic E-state index is -1.01. The molecule has 1 heterocycles. The van der Waals surface area contributed by atoms with Crippen molar-refractivity contribution in [3.05, 3.63) is 98.1 Å². The second-order valence-corrected chi connectivity index (χ2v) is 10.2. The molecule has 4 rings (SSSR count). The summed E-state index contributed by atoms with van der Waals surface area (Å²) in [4.78, 5) is 17.3. The van der Waals surface area contributed by atoms with Crippen molar-refractivity contribution >= 4 is 50.1 Å². The number of thiazole rings is 1. The molecule has 1 amide bonds. The molecule has 0 radical (unpaired) electrons. The SMILES string of the molecule is O=C(N[C@@H](Cc1cc(F)cc(F)c1)[C@H](O)CNCc1cccc(I)c1)c1nc2ccccc2s1.